The molecule has 4 nitrogen and oxygen atoms in total. The SMILES string of the molecule is C1COC(CCN2CC3CCC(C2)O3)OC1. The highest BCUT2D eigenvalue weighted by Crippen LogP contribution is 2.26. The third kappa shape index (κ3) is 2.56. The summed E-state index contributed by atoms with van der Waals surface area (Å²) in [7, 11) is 0. The van der Waals surface area contributed by atoms with Crippen LogP contribution in [0.2, 0.25) is 0 Å². The average Bonchev–Trinajstić information content (AvgIpc) is 2.67. The molecule has 2 atom stereocenters. The molecule has 0 aliphatic carbocycles. The zero-order valence-electron chi connectivity index (χ0n) is 9.77. The van der Waals surface area contributed by atoms with Gasteiger partial charge in [-0.3, -0.25) is 4.90 Å². The lowest BCUT2D eigenvalue weighted by Gasteiger charge is -2.33. The van der Waals surface area contributed by atoms with Crippen LogP contribution in [0.5, 0.6) is 0 Å². The number of hydrogen-bond donors (Lipinski definition) is 0. The molecule has 0 saturated carbocycles. The number of likely N-dealkylation sites (tertiary alicyclic amines) is 1. The van der Waals surface area contributed by atoms with Crippen molar-refractivity contribution in [2.75, 3.05) is 32.8 Å². The molecule has 2 bridgehead atoms. The van der Waals surface area contributed by atoms with Gasteiger partial charge in [0.25, 0.3) is 0 Å². The minimum atomic E-state index is 0.0363. The van der Waals surface area contributed by atoms with Crippen LogP contribution in [0.25, 0.3) is 0 Å². The predicted molar refractivity (Wildman–Crippen MR) is 59.3 cm³/mol. The largest absolute Gasteiger partial charge is 0.372 e. The molecule has 3 aliphatic rings. The van der Waals surface area contributed by atoms with Gasteiger partial charge in [0.05, 0.1) is 25.4 Å². The van der Waals surface area contributed by atoms with E-state index in [1.54, 1.807) is 0 Å². The second-order valence-corrected chi connectivity index (χ2v) is 5.03. The molecule has 0 spiro atoms. The van der Waals surface area contributed by atoms with Crippen LogP contribution in [-0.4, -0.2) is 56.2 Å². The first-order valence-corrected chi connectivity index (χ1v) is 6.51. The van der Waals surface area contributed by atoms with Gasteiger partial charge < -0.3 is 14.2 Å². The van der Waals surface area contributed by atoms with E-state index in [9.17, 15) is 0 Å². The predicted octanol–water partition coefficient (Wildman–Crippen LogP) is 1.00. The van der Waals surface area contributed by atoms with E-state index in [1.807, 2.05) is 0 Å². The van der Waals surface area contributed by atoms with Crippen molar-refractivity contribution < 1.29 is 14.2 Å². The molecule has 16 heavy (non-hydrogen) atoms. The lowest BCUT2D eigenvalue weighted by atomic mass is 10.2. The van der Waals surface area contributed by atoms with Gasteiger partial charge in [0, 0.05) is 26.1 Å². The van der Waals surface area contributed by atoms with Crippen molar-refractivity contribution in [1.29, 1.82) is 0 Å². The van der Waals surface area contributed by atoms with E-state index in [2.05, 4.69) is 4.90 Å². The Hall–Kier alpha value is -0.160. The van der Waals surface area contributed by atoms with Gasteiger partial charge in [-0.1, -0.05) is 0 Å². The van der Waals surface area contributed by atoms with Gasteiger partial charge in [-0.25, -0.2) is 0 Å². The normalized spacial score (nSPS) is 36.8. The van der Waals surface area contributed by atoms with Crippen molar-refractivity contribution in [3.05, 3.63) is 0 Å². The molecule has 0 radical (unpaired) electrons. The summed E-state index contributed by atoms with van der Waals surface area (Å²) in [6.07, 6.45) is 5.56. The van der Waals surface area contributed by atoms with Crippen molar-refractivity contribution >= 4 is 0 Å². The minimum absolute atomic E-state index is 0.0363. The standard InChI is InChI=1S/C12H21NO3/c1-6-14-12(15-7-1)4-5-13-8-10-2-3-11(9-13)16-10/h10-12H,1-9H2. The molecule has 4 heteroatoms. The molecule has 3 aliphatic heterocycles. The van der Waals surface area contributed by atoms with E-state index in [0.717, 1.165) is 45.7 Å². The van der Waals surface area contributed by atoms with E-state index < -0.39 is 0 Å². The van der Waals surface area contributed by atoms with Crippen LogP contribution >= 0.6 is 0 Å². The van der Waals surface area contributed by atoms with Gasteiger partial charge in [0.15, 0.2) is 6.29 Å². The number of hydrogen-bond acceptors (Lipinski definition) is 4. The van der Waals surface area contributed by atoms with E-state index in [4.69, 9.17) is 14.2 Å². The molecule has 0 aromatic heterocycles. The molecule has 3 saturated heterocycles. The first kappa shape index (κ1) is 11.0. The van der Waals surface area contributed by atoms with E-state index in [-0.39, 0.29) is 6.29 Å². The third-order valence-electron chi connectivity index (χ3n) is 3.70. The van der Waals surface area contributed by atoms with Crippen LogP contribution in [0.1, 0.15) is 25.7 Å². The van der Waals surface area contributed by atoms with Crippen molar-refractivity contribution in [3.63, 3.8) is 0 Å². The van der Waals surface area contributed by atoms with Crippen LogP contribution in [-0.2, 0) is 14.2 Å². The number of morpholine rings is 1. The van der Waals surface area contributed by atoms with E-state index in [0.29, 0.717) is 12.2 Å². The number of rotatable bonds is 3. The average molecular weight is 227 g/mol. The maximum Gasteiger partial charge on any atom is 0.158 e. The smallest absolute Gasteiger partial charge is 0.158 e. The summed E-state index contributed by atoms with van der Waals surface area (Å²) in [6, 6.07) is 0. The molecule has 92 valence electrons. The summed E-state index contributed by atoms with van der Waals surface area (Å²) in [5, 5.41) is 0. The quantitative estimate of drug-likeness (QED) is 0.720. The summed E-state index contributed by atoms with van der Waals surface area (Å²) in [4.78, 5) is 2.51. The summed E-state index contributed by atoms with van der Waals surface area (Å²) >= 11 is 0. The lowest BCUT2D eigenvalue weighted by molar-refractivity contribution is -0.184. The number of ether oxygens (including phenoxy) is 3. The van der Waals surface area contributed by atoms with Gasteiger partial charge in [-0.2, -0.15) is 0 Å². The topological polar surface area (TPSA) is 30.9 Å². The highest BCUT2D eigenvalue weighted by atomic mass is 16.7. The molecule has 3 heterocycles. The zero-order chi connectivity index (χ0) is 10.8. The molecule has 0 amide bonds. The molecular weight excluding hydrogens is 206 g/mol. The van der Waals surface area contributed by atoms with E-state index in [1.165, 1.54) is 12.8 Å². The van der Waals surface area contributed by atoms with Crippen LogP contribution in [0.4, 0.5) is 0 Å². The highest BCUT2D eigenvalue weighted by Gasteiger charge is 2.33. The maximum absolute atomic E-state index is 5.82. The lowest BCUT2D eigenvalue weighted by Crippen LogP contribution is -2.44. The minimum Gasteiger partial charge on any atom is -0.372 e. The van der Waals surface area contributed by atoms with Gasteiger partial charge in [-0.05, 0) is 19.3 Å². The third-order valence-corrected chi connectivity index (χ3v) is 3.70. The summed E-state index contributed by atoms with van der Waals surface area (Å²) in [6.45, 7) is 5.01. The summed E-state index contributed by atoms with van der Waals surface area (Å²) in [5.41, 5.74) is 0. The molecule has 3 rings (SSSR count). The molecular formula is C12H21NO3. The van der Waals surface area contributed by atoms with E-state index >= 15 is 0 Å². The molecule has 0 N–H and O–H groups in total. The summed E-state index contributed by atoms with van der Waals surface area (Å²) in [5.74, 6) is 0. The van der Waals surface area contributed by atoms with Crippen molar-refractivity contribution in [2.45, 2.75) is 44.2 Å². The Balaban J connectivity index is 1.41. The zero-order valence-corrected chi connectivity index (χ0v) is 9.77. The Bertz CT molecular complexity index is 218. The Morgan fingerprint density at radius 3 is 2.38 bits per heavy atom. The fraction of sp³-hybridized carbons (Fsp3) is 1.00. The molecule has 0 aromatic carbocycles. The second-order valence-electron chi connectivity index (χ2n) is 5.03. The first-order valence-electron chi connectivity index (χ1n) is 6.51. The highest BCUT2D eigenvalue weighted by molar-refractivity contribution is 4.84. The fourth-order valence-corrected chi connectivity index (χ4v) is 2.87. The molecule has 3 fully saturated rings. The van der Waals surface area contributed by atoms with Crippen LogP contribution in [0, 0.1) is 0 Å². The van der Waals surface area contributed by atoms with Gasteiger partial charge in [0.2, 0.25) is 0 Å². The monoisotopic (exact) mass is 227 g/mol. The Kier molecular flexibility index (Phi) is 3.43. The molecule has 2 unspecified atom stereocenters. The Morgan fingerprint density at radius 1 is 1.00 bits per heavy atom. The van der Waals surface area contributed by atoms with Crippen LogP contribution in [0.15, 0.2) is 0 Å². The number of fused-ring (bicyclic) bond motifs is 2. The van der Waals surface area contributed by atoms with Crippen LogP contribution < -0.4 is 0 Å². The van der Waals surface area contributed by atoms with Crippen molar-refractivity contribution in [2.24, 2.45) is 0 Å². The maximum atomic E-state index is 5.82. The van der Waals surface area contributed by atoms with Crippen LogP contribution in [0.3, 0.4) is 0 Å². The van der Waals surface area contributed by atoms with Crippen molar-refractivity contribution in [3.8, 4) is 0 Å². The Labute approximate surface area is 96.8 Å². The second kappa shape index (κ2) is 5.00. The van der Waals surface area contributed by atoms with Gasteiger partial charge in [-0.15, -0.1) is 0 Å². The fourth-order valence-electron chi connectivity index (χ4n) is 2.87. The van der Waals surface area contributed by atoms with Gasteiger partial charge >= 0.3 is 0 Å². The number of nitrogens with zero attached hydrogens (tertiary/aromatic N) is 1. The van der Waals surface area contributed by atoms with Crippen molar-refractivity contribution in [1.82, 2.24) is 4.90 Å². The Morgan fingerprint density at radius 2 is 1.69 bits per heavy atom. The first-order chi connectivity index (χ1) is 7.90. The van der Waals surface area contributed by atoms with Gasteiger partial charge in [0.1, 0.15) is 0 Å². The summed E-state index contributed by atoms with van der Waals surface area (Å²) < 4.78 is 16.9. The molecule has 0 aromatic rings.